The third kappa shape index (κ3) is 2.61. The first-order chi connectivity index (χ1) is 10.2. The van der Waals surface area contributed by atoms with E-state index in [-0.39, 0.29) is 24.9 Å². The van der Waals surface area contributed by atoms with Crippen LogP contribution in [0.4, 0.5) is 10.5 Å². The molecule has 0 spiro atoms. The number of hydrogen-bond acceptors (Lipinski definition) is 3. The Morgan fingerprint density at radius 2 is 1.71 bits per heavy atom. The summed E-state index contributed by atoms with van der Waals surface area (Å²) in [6.45, 7) is 1.28. The Kier molecular flexibility index (Phi) is 3.60. The van der Waals surface area contributed by atoms with Crippen LogP contribution in [-0.4, -0.2) is 53.8 Å². The molecule has 0 N–H and O–H groups in total. The minimum atomic E-state index is -0.418. The SMILES string of the molecule is O=C(CN1C(=O)CN(c2ccccc2)C1=O)N1CCCC1. The van der Waals surface area contributed by atoms with E-state index in [1.54, 1.807) is 17.0 Å². The van der Waals surface area contributed by atoms with Crippen molar-refractivity contribution in [2.45, 2.75) is 12.8 Å². The quantitative estimate of drug-likeness (QED) is 0.782. The molecule has 2 aliphatic rings. The number of carbonyl (C=O) groups excluding carboxylic acids is 3. The lowest BCUT2D eigenvalue weighted by molar-refractivity contribution is -0.135. The molecule has 0 aliphatic carbocycles. The van der Waals surface area contributed by atoms with Crippen LogP contribution < -0.4 is 4.90 Å². The molecule has 6 heteroatoms. The van der Waals surface area contributed by atoms with Crippen molar-refractivity contribution in [1.29, 1.82) is 0 Å². The Balaban J connectivity index is 1.70. The predicted molar refractivity (Wildman–Crippen MR) is 76.7 cm³/mol. The normalized spacial score (nSPS) is 18.8. The van der Waals surface area contributed by atoms with Crippen molar-refractivity contribution >= 4 is 23.5 Å². The summed E-state index contributed by atoms with van der Waals surface area (Å²) in [5.74, 6) is -0.472. The molecule has 1 aromatic carbocycles. The van der Waals surface area contributed by atoms with E-state index in [4.69, 9.17) is 0 Å². The number of nitrogens with zero attached hydrogens (tertiary/aromatic N) is 3. The minimum absolute atomic E-state index is 0.00384. The standard InChI is InChI=1S/C15H17N3O3/c19-13(16-8-4-5-9-16)10-18-14(20)11-17(15(18)21)12-6-2-1-3-7-12/h1-3,6-7H,4-5,8-11H2. The average Bonchev–Trinajstić information content (AvgIpc) is 3.12. The Morgan fingerprint density at radius 3 is 2.38 bits per heavy atom. The Hall–Kier alpha value is -2.37. The molecule has 0 bridgehead atoms. The van der Waals surface area contributed by atoms with Crippen LogP contribution in [0.15, 0.2) is 30.3 Å². The van der Waals surface area contributed by atoms with Crippen LogP contribution in [0, 0.1) is 0 Å². The molecule has 0 unspecified atom stereocenters. The molecule has 0 radical (unpaired) electrons. The van der Waals surface area contributed by atoms with Gasteiger partial charge in [0.05, 0.1) is 0 Å². The number of imide groups is 1. The maximum absolute atomic E-state index is 12.3. The molecule has 0 atom stereocenters. The number of urea groups is 1. The summed E-state index contributed by atoms with van der Waals surface area (Å²) in [6.07, 6.45) is 1.98. The van der Waals surface area contributed by atoms with Crippen LogP contribution in [0.3, 0.4) is 0 Å². The number of benzene rings is 1. The highest BCUT2D eigenvalue weighted by Crippen LogP contribution is 2.20. The molecule has 3 rings (SSSR count). The second-order valence-electron chi connectivity index (χ2n) is 5.27. The lowest BCUT2D eigenvalue weighted by atomic mass is 10.3. The molecule has 21 heavy (non-hydrogen) atoms. The van der Waals surface area contributed by atoms with E-state index in [1.807, 2.05) is 18.2 Å². The van der Waals surface area contributed by atoms with Gasteiger partial charge in [-0.3, -0.25) is 19.4 Å². The zero-order valence-electron chi connectivity index (χ0n) is 11.7. The van der Waals surface area contributed by atoms with Gasteiger partial charge in [0.25, 0.3) is 5.91 Å². The first-order valence-corrected chi connectivity index (χ1v) is 7.11. The van der Waals surface area contributed by atoms with Gasteiger partial charge in [0.2, 0.25) is 5.91 Å². The zero-order chi connectivity index (χ0) is 14.8. The van der Waals surface area contributed by atoms with Gasteiger partial charge in [-0.2, -0.15) is 0 Å². The fourth-order valence-corrected chi connectivity index (χ4v) is 2.71. The number of hydrogen-bond donors (Lipinski definition) is 0. The molecule has 0 aromatic heterocycles. The largest absolute Gasteiger partial charge is 0.341 e. The zero-order valence-corrected chi connectivity index (χ0v) is 11.7. The van der Waals surface area contributed by atoms with Crippen molar-refractivity contribution in [3.8, 4) is 0 Å². The number of para-hydroxylation sites is 1. The highest BCUT2D eigenvalue weighted by molar-refractivity contribution is 6.13. The van der Waals surface area contributed by atoms with Crippen LogP contribution in [0.2, 0.25) is 0 Å². The van der Waals surface area contributed by atoms with E-state index in [1.165, 1.54) is 4.90 Å². The van der Waals surface area contributed by atoms with Crippen molar-refractivity contribution in [2.24, 2.45) is 0 Å². The van der Waals surface area contributed by atoms with Gasteiger partial charge < -0.3 is 4.90 Å². The predicted octanol–water partition coefficient (Wildman–Crippen LogP) is 1.08. The molecular weight excluding hydrogens is 270 g/mol. The number of amides is 4. The van der Waals surface area contributed by atoms with Crippen LogP contribution in [0.25, 0.3) is 0 Å². The molecule has 2 heterocycles. The van der Waals surface area contributed by atoms with Crippen molar-refractivity contribution in [3.05, 3.63) is 30.3 Å². The molecule has 4 amide bonds. The average molecular weight is 287 g/mol. The van der Waals surface area contributed by atoms with E-state index in [2.05, 4.69) is 0 Å². The van der Waals surface area contributed by atoms with Crippen LogP contribution in [0.5, 0.6) is 0 Å². The highest BCUT2D eigenvalue weighted by Gasteiger charge is 2.38. The number of anilines is 1. The van der Waals surface area contributed by atoms with Gasteiger partial charge in [-0.25, -0.2) is 4.79 Å². The van der Waals surface area contributed by atoms with Gasteiger partial charge in [-0.15, -0.1) is 0 Å². The topological polar surface area (TPSA) is 60.9 Å². The summed E-state index contributed by atoms with van der Waals surface area (Å²) in [7, 11) is 0. The number of likely N-dealkylation sites (tertiary alicyclic amines) is 1. The molecule has 1 aromatic rings. The van der Waals surface area contributed by atoms with Gasteiger partial charge in [0, 0.05) is 18.8 Å². The van der Waals surface area contributed by atoms with Gasteiger partial charge in [-0.05, 0) is 25.0 Å². The maximum Gasteiger partial charge on any atom is 0.332 e. The first kappa shape index (κ1) is 13.6. The van der Waals surface area contributed by atoms with Crippen molar-refractivity contribution in [3.63, 3.8) is 0 Å². The molecule has 2 saturated heterocycles. The van der Waals surface area contributed by atoms with Crippen LogP contribution in [0.1, 0.15) is 12.8 Å². The second kappa shape index (κ2) is 5.55. The summed E-state index contributed by atoms with van der Waals surface area (Å²) in [4.78, 5) is 40.6. The summed E-state index contributed by atoms with van der Waals surface area (Å²) < 4.78 is 0. The molecule has 2 aliphatic heterocycles. The van der Waals surface area contributed by atoms with Gasteiger partial charge in [0.15, 0.2) is 0 Å². The van der Waals surface area contributed by atoms with Crippen molar-refractivity contribution in [1.82, 2.24) is 9.80 Å². The fraction of sp³-hybridized carbons (Fsp3) is 0.400. The summed E-state index contributed by atoms with van der Waals surface area (Å²) in [6, 6.07) is 8.60. The Bertz CT molecular complexity index is 567. The summed E-state index contributed by atoms with van der Waals surface area (Å²) >= 11 is 0. The lowest BCUT2D eigenvalue weighted by Crippen LogP contribution is -2.42. The molecule has 6 nitrogen and oxygen atoms in total. The van der Waals surface area contributed by atoms with Gasteiger partial charge in [0.1, 0.15) is 13.1 Å². The van der Waals surface area contributed by atoms with E-state index < -0.39 is 6.03 Å². The first-order valence-electron chi connectivity index (χ1n) is 7.11. The van der Waals surface area contributed by atoms with Crippen LogP contribution in [-0.2, 0) is 9.59 Å². The van der Waals surface area contributed by atoms with Crippen molar-refractivity contribution < 1.29 is 14.4 Å². The molecule has 0 saturated carbocycles. The van der Waals surface area contributed by atoms with Gasteiger partial charge >= 0.3 is 6.03 Å². The summed E-state index contributed by atoms with van der Waals surface area (Å²) in [5.41, 5.74) is 0.673. The molecular formula is C15H17N3O3. The number of carbonyl (C=O) groups is 3. The second-order valence-corrected chi connectivity index (χ2v) is 5.27. The molecule has 110 valence electrons. The Morgan fingerprint density at radius 1 is 1.05 bits per heavy atom. The monoisotopic (exact) mass is 287 g/mol. The Labute approximate surface area is 122 Å². The maximum atomic E-state index is 12.3. The highest BCUT2D eigenvalue weighted by atomic mass is 16.2. The third-order valence-electron chi connectivity index (χ3n) is 3.88. The van der Waals surface area contributed by atoms with E-state index in [0.717, 1.165) is 30.8 Å². The van der Waals surface area contributed by atoms with E-state index in [9.17, 15) is 14.4 Å². The lowest BCUT2D eigenvalue weighted by Gasteiger charge is -2.20. The van der Waals surface area contributed by atoms with Crippen LogP contribution >= 0.6 is 0 Å². The minimum Gasteiger partial charge on any atom is -0.341 e. The van der Waals surface area contributed by atoms with E-state index in [0.29, 0.717) is 5.69 Å². The third-order valence-corrected chi connectivity index (χ3v) is 3.88. The smallest absolute Gasteiger partial charge is 0.332 e. The number of rotatable bonds is 3. The van der Waals surface area contributed by atoms with Gasteiger partial charge in [-0.1, -0.05) is 18.2 Å². The van der Waals surface area contributed by atoms with Crippen molar-refractivity contribution in [2.75, 3.05) is 31.1 Å². The van der Waals surface area contributed by atoms with E-state index >= 15 is 0 Å². The molecule has 2 fully saturated rings. The summed E-state index contributed by atoms with van der Waals surface area (Å²) in [5, 5.41) is 0. The fourth-order valence-electron chi connectivity index (χ4n) is 2.71.